The summed E-state index contributed by atoms with van der Waals surface area (Å²) in [5.74, 6) is -1.18. The molecule has 0 aliphatic heterocycles. The lowest BCUT2D eigenvalue weighted by Crippen LogP contribution is -2.18. The van der Waals surface area contributed by atoms with Gasteiger partial charge in [0.25, 0.3) is 10.0 Å². The normalized spacial score (nSPS) is 11.3. The van der Waals surface area contributed by atoms with Crippen LogP contribution in [-0.2, 0) is 17.1 Å². The Kier molecular flexibility index (Phi) is 3.45. The van der Waals surface area contributed by atoms with Gasteiger partial charge in [-0.15, -0.1) is 0 Å². The molecule has 0 aliphatic rings. The molecular weight excluding hydrogens is 285 g/mol. The summed E-state index contributed by atoms with van der Waals surface area (Å²) < 4.78 is 41.0. The Morgan fingerprint density at radius 3 is 2.70 bits per heavy atom. The fraction of sp³-hybridized carbons (Fsp3) is 0.0909. The number of benzene rings is 1. The van der Waals surface area contributed by atoms with E-state index in [4.69, 9.17) is 11.1 Å². The van der Waals surface area contributed by atoms with Crippen molar-refractivity contribution in [3.63, 3.8) is 0 Å². The summed E-state index contributed by atoms with van der Waals surface area (Å²) in [6.45, 7) is 0. The summed E-state index contributed by atoms with van der Waals surface area (Å²) in [5.41, 5.74) is 5.16. The highest BCUT2D eigenvalue weighted by molar-refractivity contribution is 7.92. The molecule has 2 aromatic rings. The Bertz CT molecular complexity index is 769. The molecule has 1 aromatic heterocycles. The van der Waals surface area contributed by atoms with Crippen LogP contribution in [0.5, 0.6) is 0 Å². The number of rotatable bonds is 4. The number of nitrogens with one attached hydrogen (secondary N) is 2. The molecule has 0 saturated heterocycles. The molecule has 0 radical (unpaired) electrons. The van der Waals surface area contributed by atoms with Crippen LogP contribution in [0.15, 0.2) is 35.5 Å². The van der Waals surface area contributed by atoms with Crippen LogP contribution in [0, 0.1) is 11.2 Å². The van der Waals surface area contributed by atoms with Crippen molar-refractivity contribution in [3.8, 4) is 0 Å². The first-order valence-electron chi connectivity index (χ1n) is 5.46. The van der Waals surface area contributed by atoms with E-state index in [0.717, 1.165) is 12.1 Å². The second kappa shape index (κ2) is 4.93. The molecule has 2 rings (SSSR count). The molecule has 1 aromatic carbocycles. The average Bonchev–Trinajstić information content (AvgIpc) is 2.78. The number of nitrogens with two attached hydrogens (primary N) is 1. The van der Waals surface area contributed by atoms with Gasteiger partial charge in [0, 0.05) is 12.7 Å². The Morgan fingerprint density at radius 1 is 1.45 bits per heavy atom. The molecule has 0 atom stereocenters. The van der Waals surface area contributed by atoms with Gasteiger partial charge in [-0.25, -0.2) is 4.39 Å². The Balaban J connectivity index is 2.38. The highest BCUT2D eigenvalue weighted by Crippen LogP contribution is 2.18. The Labute approximate surface area is 114 Å². The minimum Gasteiger partial charge on any atom is -0.384 e. The molecule has 0 unspecified atom stereocenters. The molecule has 0 bridgehead atoms. The van der Waals surface area contributed by atoms with Crippen molar-refractivity contribution in [2.24, 2.45) is 12.8 Å². The van der Waals surface area contributed by atoms with Crippen molar-refractivity contribution < 1.29 is 12.8 Å². The first-order valence-corrected chi connectivity index (χ1v) is 6.94. The first-order chi connectivity index (χ1) is 9.31. The minimum absolute atomic E-state index is 0.0359. The Hall–Kier alpha value is -2.42. The number of halogens is 1. The number of hydrogen-bond donors (Lipinski definition) is 3. The van der Waals surface area contributed by atoms with E-state index in [1.165, 1.54) is 30.1 Å². The number of aryl methyl sites for hydroxylation is 1. The van der Waals surface area contributed by atoms with Gasteiger partial charge in [-0.1, -0.05) is 0 Å². The van der Waals surface area contributed by atoms with Crippen LogP contribution < -0.4 is 10.5 Å². The number of amidine groups is 1. The number of aromatic nitrogens is 2. The fourth-order valence-electron chi connectivity index (χ4n) is 1.63. The summed E-state index contributed by atoms with van der Waals surface area (Å²) in [6.07, 6.45) is 1.35. The summed E-state index contributed by atoms with van der Waals surface area (Å²) >= 11 is 0. The zero-order valence-electron chi connectivity index (χ0n) is 10.5. The van der Waals surface area contributed by atoms with E-state index in [-0.39, 0.29) is 16.3 Å². The van der Waals surface area contributed by atoms with Crippen LogP contribution in [0.4, 0.5) is 10.1 Å². The van der Waals surface area contributed by atoms with Gasteiger partial charge in [0.05, 0.1) is 11.8 Å². The fourth-order valence-corrected chi connectivity index (χ4v) is 2.80. The zero-order valence-corrected chi connectivity index (χ0v) is 11.3. The predicted molar refractivity (Wildman–Crippen MR) is 71.4 cm³/mol. The van der Waals surface area contributed by atoms with Gasteiger partial charge in [0.15, 0.2) is 5.03 Å². The number of nitrogen functional groups attached to an aromatic ring is 1. The maximum Gasteiger partial charge on any atom is 0.279 e. The largest absolute Gasteiger partial charge is 0.384 e. The molecule has 0 aliphatic carbocycles. The predicted octanol–water partition coefficient (Wildman–Crippen LogP) is 0.644. The highest BCUT2D eigenvalue weighted by atomic mass is 32.2. The molecule has 106 valence electrons. The van der Waals surface area contributed by atoms with Crippen LogP contribution in [0.1, 0.15) is 5.56 Å². The van der Waals surface area contributed by atoms with Gasteiger partial charge in [0.2, 0.25) is 0 Å². The second-order valence-corrected chi connectivity index (χ2v) is 5.64. The maximum atomic E-state index is 13.4. The monoisotopic (exact) mass is 297 g/mol. The van der Waals surface area contributed by atoms with Crippen molar-refractivity contribution in [2.75, 3.05) is 4.72 Å². The number of hydrogen-bond acceptors (Lipinski definition) is 4. The lowest BCUT2D eigenvalue weighted by Gasteiger charge is -2.09. The van der Waals surface area contributed by atoms with Gasteiger partial charge in [-0.05, 0) is 24.3 Å². The quantitative estimate of drug-likeness (QED) is 0.567. The van der Waals surface area contributed by atoms with Crippen molar-refractivity contribution in [1.82, 2.24) is 9.78 Å². The smallest absolute Gasteiger partial charge is 0.279 e. The summed E-state index contributed by atoms with van der Waals surface area (Å²) in [6, 6.07) is 4.77. The molecular formula is C11H12FN5O2S. The lowest BCUT2D eigenvalue weighted by atomic mass is 10.2. The van der Waals surface area contributed by atoms with Gasteiger partial charge >= 0.3 is 0 Å². The lowest BCUT2D eigenvalue weighted by molar-refractivity contribution is 0.582. The second-order valence-electron chi connectivity index (χ2n) is 4.01. The summed E-state index contributed by atoms with van der Waals surface area (Å²) in [4.78, 5) is 0. The molecule has 20 heavy (non-hydrogen) atoms. The SMILES string of the molecule is Cn1nccc1S(=O)(=O)Nc1ccc(F)c(C(=N)N)c1. The third-order valence-electron chi connectivity index (χ3n) is 2.56. The van der Waals surface area contributed by atoms with Crippen molar-refractivity contribution >= 4 is 21.5 Å². The van der Waals surface area contributed by atoms with Gasteiger partial charge < -0.3 is 5.73 Å². The van der Waals surface area contributed by atoms with Gasteiger partial charge in [-0.2, -0.15) is 13.5 Å². The molecule has 9 heteroatoms. The van der Waals surface area contributed by atoms with E-state index in [2.05, 4.69) is 9.82 Å². The van der Waals surface area contributed by atoms with Crippen molar-refractivity contribution in [2.45, 2.75) is 5.03 Å². The van der Waals surface area contributed by atoms with Crippen molar-refractivity contribution in [3.05, 3.63) is 41.8 Å². The number of nitrogens with zero attached hydrogens (tertiary/aromatic N) is 2. The molecule has 4 N–H and O–H groups in total. The summed E-state index contributed by atoms with van der Waals surface area (Å²) in [5, 5.41) is 11.0. The van der Waals surface area contributed by atoms with E-state index in [1.54, 1.807) is 0 Å². The van der Waals surface area contributed by atoms with Crippen LogP contribution >= 0.6 is 0 Å². The van der Waals surface area contributed by atoms with Gasteiger partial charge in [0.1, 0.15) is 11.7 Å². The third kappa shape index (κ3) is 2.62. The van der Waals surface area contributed by atoms with E-state index in [0.29, 0.717) is 0 Å². The van der Waals surface area contributed by atoms with Crippen LogP contribution in [0.25, 0.3) is 0 Å². The standard InChI is InChI=1S/C11H12FN5O2S/c1-17-10(4-5-15-17)20(18,19)16-7-2-3-9(12)8(6-7)11(13)14/h2-6,16H,1H3,(H3,13,14). The third-order valence-corrected chi connectivity index (χ3v) is 4.02. The van der Waals surface area contributed by atoms with E-state index < -0.39 is 21.7 Å². The van der Waals surface area contributed by atoms with E-state index in [1.807, 2.05) is 0 Å². The molecule has 0 fully saturated rings. The Morgan fingerprint density at radius 2 is 2.15 bits per heavy atom. The summed E-state index contributed by atoms with van der Waals surface area (Å²) in [7, 11) is -2.35. The molecule has 7 nitrogen and oxygen atoms in total. The molecule has 0 saturated carbocycles. The number of anilines is 1. The molecule has 1 heterocycles. The maximum absolute atomic E-state index is 13.4. The molecule has 0 amide bonds. The van der Waals surface area contributed by atoms with Crippen molar-refractivity contribution in [1.29, 1.82) is 5.41 Å². The zero-order chi connectivity index (χ0) is 14.9. The average molecular weight is 297 g/mol. The molecule has 0 spiro atoms. The van der Waals surface area contributed by atoms with E-state index >= 15 is 0 Å². The topological polar surface area (TPSA) is 114 Å². The minimum atomic E-state index is -3.84. The highest BCUT2D eigenvalue weighted by Gasteiger charge is 2.18. The van der Waals surface area contributed by atoms with Crippen LogP contribution in [-0.4, -0.2) is 24.0 Å². The number of sulfonamides is 1. The van der Waals surface area contributed by atoms with Crippen LogP contribution in [0.3, 0.4) is 0 Å². The first kappa shape index (κ1) is 14.0. The van der Waals surface area contributed by atoms with Crippen LogP contribution in [0.2, 0.25) is 0 Å². The van der Waals surface area contributed by atoms with Gasteiger partial charge in [-0.3, -0.25) is 14.8 Å². The van der Waals surface area contributed by atoms with E-state index in [9.17, 15) is 12.8 Å².